The highest BCUT2D eigenvalue weighted by molar-refractivity contribution is 5.84. The van der Waals surface area contributed by atoms with Crippen LogP contribution in [-0.2, 0) is 9.59 Å². The van der Waals surface area contributed by atoms with Crippen molar-refractivity contribution in [3.63, 3.8) is 0 Å². The van der Waals surface area contributed by atoms with Gasteiger partial charge in [-0.25, -0.2) is 0 Å². The van der Waals surface area contributed by atoms with Crippen LogP contribution in [0.25, 0.3) is 0 Å². The molecule has 0 saturated heterocycles. The Kier molecular flexibility index (Phi) is 8.40. The fraction of sp³-hybridized carbons (Fsp3) is 0.833. The van der Waals surface area contributed by atoms with E-state index in [2.05, 4.69) is 5.32 Å². The number of nitrogens with zero attached hydrogens (tertiary/aromatic N) is 1. The molecule has 0 aromatic heterocycles. The summed E-state index contributed by atoms with van der Waals surface area (Å²) in [7, 11) is 1.65. The van der Waals surface area contributed by atoms with E-state index in [-0.39, 0.29) is 18.4 Å². The van der Waals surface area contributed by atoms with E-state index in [0.717, 1.165) is 12.8 Å². The summed E-state index contributed by atoms with van der Waals surface area (Å²) in [6.07, 6.45) is 2.09. The van der Waals surface area contributed by atoms with Gasteiger partial charge in [0.15, 0.2) is 0 Å². The first-order valence-corrected chi connectivity index (χ1v) is 6.18. The maximum atomic E-state index is 11.6. The second kappa shape index (κ2) is 8.98. The molecule has 5 nitrogen and oxygen atoms in total. The summed E-state index contributed by atoms with van der Waals surface area (Å²) in [4.78, 5) is 24.5. The van der Waals surface area contributed by atoms with Gasteiger partial charge in [0.05, 0.1) is 6.54 Å². The highest BCUT2D eigenvalue weighted by atomic mass is 16.2. The Hall–Kier alpha value is -1.10. The molecule has 100 valence electrons. The Labute approximate surface area is 104 Å². The van der Waals surface area contributed by atoms with Crippen molar-refractivity contribution in [2.45, 2.75) is 33.1 Å². The van der Waals surface area contributed by atoms with Crippen LogP contribution < -0.4 is 11.1 Å². The van der Waals surface area contributed by atoms with E-state index in [9.17, 15) is 9.59 Å². The van der Waals surface area contributed by atoms with Crippen molar-refractivity contribution in [1.29, 1.82) is 0 Å². The fourth-order valence-electron chi connectivity index (χ4n) is 1.29. The molecule has 0 aromatic rings. The van der Waals surface area contributed by atoms with Crippen LogP contribution in [0.2, 0.25) is 0 Å². The average molecular weight is 243 g/mol. The van der Waals surface area contributed by atoms with Gasteiger partial charge >= 0.3 is 0 Å². The Morgan fingerprint density at radius 3 is 2.47 bits per heavy atom. The number of carbonyl (C=O) groups excluding carboxylic acids is 2. The minimum absolute atomic E-state index is 0.00172. The molecule has 0 unspecified atom stereocenters. The zero-order valence-corrected chi connectivity index (χ0v) is 11.2. The molecule has 0 aliphatic carbocycles. The number of nitrogens with one attached hydrogen (secondary N) is 1. The molecule has 0 spiro atoms. The molecule has 0 aromatic carbocycles. The van der Waals surface area contributed by atoms with Gasteiger partial charge in [-0.05, 0) is 25.3 Å². The normalized spacial score (nSPS) is 10.4. The van der Waals surface area contributed by atoms with E-state index in [1.165, 1.54) is 4.90 Å². The lowest BCUT2D eigenvalue weighted by Crippen LogP contribution is -2.39. The topological polar surface area (TPSA) is 75.4 Å². The predicted molar refractivity (Wildman–Crippen MR) is 68.4 cm³/mol. The number of amides is 2. The Balaban J connectivity index is 3.78. The smallest absolute Gasteiger partial charge is 0.239 e. The van der Waals surface area contributed by atoms with Gasteiger partial charge in [-0.1, -0.05) is 13.8 Å². The molecule has 5 heteroatoms. The quantitative estimate of drug-likeness (QED) is 0.604. The first-order valence-electron chi connectivity index (χ1n) is 6.18. The van der Waals surface area contributed by atoms with Crippen molar-refractivity contribution in [3.05, 3.63) is 0 Å². The summed E-state index contributed by atoms with van der Waals surface area (Å²) >= 11 is 0. The standard InChI is InChI=1S/C12H25N3O2/c1-10(2)8-14-11(16)9-15(3)12(17)6-4-5-7-13/h10H,4-9,13H2,1-3H3,(H,14,16). The molecule has 0 heterocycles. The third-order valence-corrected chi connectivity index (χ3v) is 2.36. The van der Waals surface area contributed by atoms with E-state index in [4.69, 9.17) is 5.73 Å². The highest BCUT2D eigenvalue weighted by Crippen LogP contribution is 1.98. The molecule has 0 fully saturated rings. The van der Waals surface area contributed by atoms with Crippen molar-refractivity contribution >= 4 is 11.8 Å². The Bertz CT molecular complexity index is 242. The second-order valence-electron chi connectivity index (χ2n) is 4.69. The molecule has 0 radical (unpaired) electrons. The Morgan fingerprint density at radius 2 is 1.94 bits per heavy atom. The molecule has 0 aliphatic heterocycles. The first kappa shape index (κ1) is 15.9. The molecule has 0 rings (SSSR count). The fourth-order valence-corrected chi connectivity index (χ4v) is 1.29. The summed E-state index contributed by atoms with van der Waals surface area (Å²) in [6.45, 7) is 5.44. The lowest BCUT2D eigenvalue weighted by molar-refractivity contribution is -0.134. The summed E-state index contributed by atoms with van der Waals surface area (Å²) < 4.78 is 0. The number of unbranched alkanes of at least 4 members (excludes halogenated alkanes) is 1. The van der Waals surface area contributed by atoms with Crippen molar-refractivity contribution in [1.82, 2.24) is 10.2 Å². The molecule has 17 heavy (non-hydrogen) atoms. The predicted octanol–water partition coefficient (Wildman–Crippen LogP) is 0.346. The Morgan fingerprint density at radius 1 is 1.29 bits per heavy atom. The third-order valence-electron chi connectivity index (χ3n) is 2.36. The maximum absolute atomic E-state index is 11.6. The number of nitrogens with two attached hydrogens (primary N) is 1. The van der Waals surface area contributed by atoms with Gasteiger partial charge in [-0.15, -0.1) is 0 Å². The number of likely N-dealkylation sites (N-methyl/N-ethyl adjacent to an activating group) is 1. The summed E-state index contributed by atoms with van der Waals surface area (Å²) in [6, 6.07) is 0. The molecular weight excluding hydrogens is 218 g/mol. The lowest BCUT2D eigenvalue weighted by Gasteiger charge is -2.17. The van der Waals surface area contributed by atoms with Crippen LogP contribution >= 0.6 is 0 Å². The van der Waals surface area contributed by atoms with Gasteiger partial charge in [-0.3, -0.25) is 9.59 Å². The number of carbonyl (C=O) groups is 2. The van der Waals surface area contributed by atoms with Crippen LogP contribution in [0.4, 0.5) is 0 Å². The van der Waals surface area contributed by atoms with Gasteiger partial charge < -0.3 is 16.0 Å². The van der Waals surface area contributed by atoms with E-state index >= 15 is 0 Å². The van der Waals surface area contributed by atoms with Crippen LogP contribution in [0.3, 0.4) is 0 Å². The van der Waals surface area contributed by atoms with Crippen molar-refractivity contribution in [3.8, 4) is 0 Å². The van der Waals surface area contributed by atoms with Gasteiger partial charge in [-0.2, -0.15) is 0 Å². The van der Waals surface area contributed by atoms with Gasteiger partial charge in [0, 0.05) is 20.0 Å². The summed E-state index contributed by atoms with van der Waals surface area (Å²) in [5.74, 6) is 0.316. The molecule has 3 N–H and O–H groups in total. The molecule has 0 aliphatic rings. The minimum atomic E-state index is -0.103. The monoisotopic (exact) mass is 243 g/mol. The average Bonchev–Trinajstić information content (AvgIpc) is 2.26. The van der Waals surface area contributed by atoms with Gasteiger partial charge in [0.25, 0.3) is 0 Å². The minimum Gasteiger partial charge on any atom is -0.354 e. The lowest BCUT2D eigenvalue weighted by atomic mass is 10.2. The van der Waals surface area contributed by atoms with E-state index in [1.54, 1.807) is 7.05 Å². The number of hydrogen-bond acceptors (Lipinski definition) is 3. The van der Waals surface area contributed by atoms with Crippen LogP contribution in [-0.4, -0.2) is 43.4 Å². The van der Waals surface area contributed by atoms with E-state index in [0.29, 0.717) is 25.4 Å². The van der Waals surface area contributed by atoms with Crippen molar-refractivity contribution in [2.24, 2.45) is 11.7 Å². The van der Waals surface area contributed by atoms with Crippen LogP contribution in [0, 0.1) is 5.92 Å². The van der Waals surface area contributed by atoms with Crippen molar-refractivity contribution in [2.75, 3.05) is 26.7 Å². The van der Waals surface area contributed by atoms with Crippen LogP contribution in [0.5, 0.6) is 0 Å². The van der Waals surface area contributed by atoms with Crippen LogP contribution in [0.1, 0.15) is 33.1 Å². The molecule has 0 atom stereocenters. The first-order chi connectivity index (χ1) is 7.97. The number of rotatable bonds is 8. The van der Waals surface area contributed by atoms with E-state index in [1.807, 2.05) is 13.8 Å². The van der Waals surface area contributed by atoms with Crippen LogP contribution in [0.15, 0.2) is 0 Å². The summed E-state index contributed by atoms with van der Waals surface area (Å²) in [5.41, 5.74) is 5.35. The second-order valence-corrected chi connectivity index (χ2v) is 4.69. The third kappa shape index (κ3) is 8.68. The zero-order chi connectivity index (χ0) is 13.3. The number of hydrogen-bond donors (Lipinski definition) is 2. The molecule has 0 saturated carbocycles. The molecule has 2 amide bonds. The maximum Gasteiger partial charge on any atom is 0.239 e. The van der Waals surface area contributed by atoms with Crippen molar-refractivity contribution < 1.29 is 9.59 Å². The van der Waals surface area contributed by atoms with E-state index < -0.39 is 0 Å². The highest BCUT2D eigenvalue weighted by Gasteiger charge is 2.12. The zero-order valence-electron chi connectivity index (χ0n) is 11.2. The van der Waals surface area contributed by atoms with Gasteiger partial charge in [0.2, 0.25) is 11.8 Å². The SMILES string of the molecule is CC(C)CNC(=O)CN(C)C(=O)CCCCN. The molecular formula is C12H25N3O2. The van der Waals surface area contributed by atoms with Gasteiger partial charge in [0.1, 0.15) is 0 Å². The largest absolute Gasteiger partial charge is 0.354 e. The summed E-state index contributed by atoms with van der Waals surface area (Å²) in [5, 5.41) is 2.78. The molecule has 0 bridgehead atoms.